The minimum atomic E-state index is -0.796. The lowest BCUT2D eigenvalue weighted by Gasteiger charge is -2.71. The number of aliphatic hydroxyl groups is 4. The van der Waals surface area contributed by atoms with Gasteiger partial charge in [0.1, 0.15) is 0 Å². The Hall–Kier alpha value is -0.420. The summed E-state index contributed by atoms with van der Waals surface area (Å²) in [4.78, 5) is 0. The molecule has 0 aromatic carbocycles. The highest BCUT2D eigenvalue weighted by Gasteiger charge is 2.72. The van der Waals surface area contributed by atoms with E-state index in [9.17, 15) is 20.4 Å². The molecule has 34 heavy (non-hydrogen) atoms. The summed E-state index contributed by atoms with van der Waals surface area (Å²) >= 11 is 0. The maximum absolute atomic E-state index is 11.8. The summed E-state index contributed by atoms with van der Waals surface area (Å²) in [6.45, 7) is 17.6. The maximum atomic E-state index is 11.8. The van der Waals surface area contributed by atoms with Crippen LogP contribution in [-0.4, -0.2) is 44.3 Å². The summed E-state index contributed by atoms with van der Waals surface area (Å²) in [5, 5.41) is 45.7. The molecule has 11 atom stereocenters. The van der Waals surface area contributed by atoms with E-state index in [0.717, 1.165) is 38.5 Å². The van der Waals surface area contributed by atoms with Gasteiger partial charge in [-0.25, -0.2) is 0 Å². The van der Waals surface area contributed by atoms with Crippen molar-refractivity contribution in [2.24, 2.45) is 45.3 Å². The smallest absolute Gasteiger partial charge is 0.0654 e. The molecule has 4 nitrogen and oxygen atoms in total. The van der Waals surface area contributed by atoms with Crippen molar-refractivity contribution in [3.05, 3.63) is 11.6 Å². The Morgan fingerprint density at radius 2 is 1.50 bits per heavy atom. The van der Waals surface area contributed by atoms with Gasteiger partial charge in [-0.15, -0.1) is 0 Å². The Morgan fingerprint density at radius 1 is 0.882 bits per heavy atom. The van der Waals surface area contributed by atoms with Gasteiger partial charge in [-0.3, -0.25) is 0 Å². The van der Waals surface area contributed by atoms with Gasteiger partial charge in [-0.1, -0.05) is 46.3 Å². The summed E-state index contributed by atoms with van der Waals surface area (Å²) in [7, 11) is 0. The van der Waals surface area contributed by atoms with E-state index in [1.807, 2.05) is 6.92 Å². The molecule has 0 saturated heterocycles. The molecule has 4 heteroatoms. The summed E-state index contributed by atoms with van der Waals surface area (Å²) < 4.78 is 0. The third-order valence-corrected chi connectivity index (χ3v) is 12.5. The lowest BCUT2D eigenvalue weighted by atomic mass is 9.34. The van der Waals surface area contributed by atoms with Crippen LogP contribution in [0.5, 0.6) is 0 Å². The highest BCUT2D eigenvalue weighted by molar-refractivity contribution is 5.21. The summed E-state index contributed by atoms with van der Waals surface area (Å²) in [5.41, 5.74) is -0.166. The molecule has 4 aliphatic rings. The Kier molecular flexibility index (Phi) is 6.50. The minimum absolute atomic E-state index is 0.00770. The predicted octanol–water partition coefficient (Wildman–Crippen LogP) is 5.47. The number of allylic oxidation sites excluding steroid dienone is 2. The zero-order chi connectivity index (χ0) is 25.5. The van der Waals surface area contributed by atoms with E-state index in [2.05, 4.69) is 54.5 Å². The Balaban J connectivity index is 1.69. The topological polar surface area (TPSA) is 80.9 Å². The number of hydrogen-bond donors (Lipinski definition) is 4. The fourth-order valence-electron chi connectivity index (χ4n) is 10.2. The maximum Gasteiger partial charge on any atom is 0.0654 e. The molecule has 0 unspecified atom stereocenters. The molecule has 4 fully saturated rings. The summed E-state index contributed by atoms with van der Waals surface area (Å²) in [5.74, 6) is 0.602. The molecule has 4 N–H and O–H groups in total. The second-order valence-corrected chi connectivity index (χ2v) is 14.6. The van der Waals surface area contributed by atoms with E-state index in [1.165, 1.54) is 5.57 Å². The van der Waals surface area contributed by atoms with Gasteiger partial charge in [0.05, 0.1) is 23.9 Å². The van der Waals surface area contributed by atoms with Crippen LogP contribution in [0.2, 0.25) is 0 Å². The van der Waals surface area contributed by atoms with Crippen molar-refractivity contribution in [1.82, 2.24) is 0 Å². The van der Waals surface area contributed by atoms with Crippen molar-refractivity contribution < 1.29 is 20.4 Å². The van der Waals surface area contributed by atoms with Gasteiger partial charge in [0.15, 0.2) is 0 Å². The van der Waals surface area contributed by atoms with Crippen LogP contribution in [0.3, 0.4) is 0 Å². The first kappa shape index (κ1) is 26.6. The molecular formula is C30H52O4. The fraction of sp³-hybridized carbons (Fsp3) is 0.933. The first-order valence-electron chi connectivity index (χ1n) is 13.9. The molecule has 0 amide bonds. The molecule has 196 valence electrons. The van der Waals surface area contributed by atoms with E-state index in [1.54, 1.807) is 0 Å². The van der Waals surface area contributed by atoms with Crippen LogP contribution in [0.25, 0.3) is 0 Å². The van der Waals surface area contributed by atoms with Crippen LogP contribution in [-0.2, 0) is 0 Å². The van der Waals surface area contributed by atoms with Crippen LogP contribution >= 0.6 is 0 Å². The van der Waals surface area contributed by atoms with Gasteiger partial charge >= 0.3 is 0 Å². The van der Waals surface area contributed by atoms with Gasteiger partial charge in [-0.05, 0) is 106 Å². The number of fused-ring (bicyclic) bond motifs is 5. The average Bonchev–Trinajstić information content (AvgIpc) is 3.09. The van der Waals surface area contributed by atoms with E-state index in [-0.39, 0.29) is 45.3 Å². The van der Waals surface area contributed by atoms with Crippen molar-refractivity contribution in [3.8, 4) is 0 Å². The molecule has 0 aromatic heterocycles. The van der Waals surface area contributed by atoms with Crippen molar-refractivity contribution in [2.75, 3.05) is 0 Å². The second-order valence-electron chi connectivity index (χ2n) is 14.6. The highest BCUT2D eigenvalue weighted by Crippen LogP contribution is 2.75. The van der Waals surface area contributed by atoms with Gasteiger partial charge in [0, 0.05) is 11.8 Å². The first-order chi connectivity index (χ1) is 15.5. The zero-order valence-corrected chi connectivity index (χ0v) is 23.1. The summed E-state index contributed by atoms with van der Waals surface area (Å²) in [6, 6.07) is 0. The second kappa shape index (κ2) is 8.30. The lowest BCUT2D eigenvalue weighted by Crippen LogP contribution is -2.69. The summed E-state index contributed by atoms with van der Waals surface area (Å²) in [6.07, 6.45) is 7.44. The largest absolute Gasteiger partial charge is 0.393 e. The van der Waals surface area contributed by atoms with E-state index in [0.29, 0.717) is 12.8 Å². The van der Waals surface area contributed by atoms with Crippen LogP contribution in [0, 0.1) is 45.3 Å². The van der Waals surface area contributed by atoms with E-state index in [4.69, 9.17) is 0 Å². The number of hydrogen-bond acceptors (Lipinski definition) is 4. The van der Waals surface area contributed by atoms with E-state index >= 15 is 0 Å². The molecular weight excluding hydrogens is 424 g/mol. The molecule has 0 aliphatic heterocycles. The van der Waals surface area contributed by atoms with Gasteiger partial charge in [0.25, 0.3) is 0 Å². The van der Waals surface area contributed by atoms with Crippen LogP contribution < -0.4 is 0 Å². The molecule has 0 aromatic rings. The average molecular weight is 477 g/mol. The van der Waals surface area contributed by atoms with Crippen molar-refractivity contribution >= 4 is 0 Å². The van der Waals surface area contributed by atoms with Gasteiger partial charge in [-0.2, -0.15) is 0 Å². The molecule has 4 rings (SSSR count). The quantitative estimate of drug-likeness (QED) is 0.406. The van der Waals surface area contributed by atoms with Crippen LogP contribution in [0.4, 0.5) is 0 Å². The van der Waals surface area contributed by atoms with E-state index < -0.39 is 23.9 Å². The third kappa shape index (κ3) is 3.52. The number of rotatable bonds is 4. The standard InChI is InChI=1S/C30H52O4/c1-18(2)10-9-13-29(7,34)19-11-14-28(6)25(19)20(31)16-22-27(28,5)15-12-21-26(3,4)23(32)17-24(33)30(21,22)8/h10,19-25,31-34H,9,11-17H2,1-8H3/t19-,20+,21-,22-,23+,24+,25-,27+,28+,29-,30-/m0/s1. The third-order valence-electron chi connectivity index (χ3n) is 12.5. The van der Waals surface area contributed by atoms with Crippen LogP contribution in [0.15, 0.2) is 11.6 Å². The number of aliphatic hydroxyl groups excluding tert-OH is 3. The Labute approximate surface area is 208 Å². The lowest BCUT2D eigenvalue weighted by molar-refractivity contribution is -0.274. The zero-order valence-electron chi connectivity index (χ0n) is 23.1. The Morgan fingerprint density at radius 3 is 2.12 bits per heavy atom. The normalized spacial score (nSPS) is 51.6. The SMILES string of the molecule is CC(C)=CCC[C@](C)(O)[C@H]1CC[C@]2(C)[C@@H]1[C@H](O)C[C@@H]1[C@@]3(C)[C@H](O)C[C@@H](O)C(C)(C)[C@@H]3CC[C@]12C. The Bertz CT molecular complexity index is 813. The highest BCUT2D eigenvalue weighted by atomic mass is 16.3. The first-order valence-corrected chi connectivity index (χ1v) is 13.9. The van der Waals surface area contributed by atoms with Crippen molar-refractivity contribution in [2.45, 2.75) is 131 Å². The molecule has 0 radical (unpaired) electrons. The molecule has 0 bridgehead atoms. The monoisotopic (exact) mass is 476 g/mol. The molecule has 0 spiro atoms. The molecule has 0 heterocycles. The van der Waals surface area contributed by atoms with Crippen molar-refractivity contribution in [1.29, 1.82) is 0 Å². The molecule has 4 aliphatic carbocycles. The fourth-order valence-corrected chi connectivity index (χ4v) is 10.2. The van der Waals surface area contributed by atoms with Crippen molar-refractivity contribution in [3.63, 3.8) is 0 Å². The molecule has 4 saturated carbocycles. The van der Waals surface area contributed by atoms with Gasteiger partial charge in [0.2, 0.25) is 0 Å². The minimum Gasteiger partial charge on any atom is -0.393 e. The van der Waals surface area contributed by atoms with Crippen LogP contribution in [0.1, 0.15) is 107 Å². The predicted molar refractivity (Wildman–Crippen MR) is 137 cm³/mol. The van der Waals surface area contributed by atoms with Gasteiger partial charge < -0.3 is 20.4 Å².